The number of hydrogen-bond acceptors (Lipinski definition) is 5. The van der Waals surface area contributed by atoms with E-state index in [9.17, 15) is 14.7 Å². The van der Waals surface area contributed by atoms with Crippen LogP contribution in [0.2, 0.25) is 0 Å². The van der Waals surface area contributed by atoms with E-state index in [2.05, 4.69) is 10.2 Å². The highest BCUT2D eigenvalue weighted by atomic mass is 16.5. The van der Waals surface area contributed by atoms with Crippen molar-refractivity contribution in [2.24, 2.45) is 5.92 Å². The Labute approximate surface area is 180 Å². The van der Waals surface area contributed by atoms with E-state index in [1.807, 2.05) is 73.6 Å². The molecule has 31 heavy (non-hydrogen) atoms. The second-order valence-corrected chi connectivity index (χ2v) is 8.54. The third-order valence-electron chi connectivity index (χ3n) is 5.99. The van der Waals surface area contributed by atoms with E-state index in [1.165, 1.54) is 0 Å². The molecule has 0 saturated heterocycles. The zero-order valence-corrected chi connectivity index (χ0v) is 17.9. The van der Waals surface area contributed by atoms with Crippen LogP contribution in [0.4, 0.5) is 5.69 Å². The summed E-state index contributed by atoms with van der Waals surface area (Å²) in [6, 6.07) is 17.1. The van der Waals surface area contributed by atoms with Crippen LogP contribution < -0.4 is 10.5 Å². The van der Waals surface area contributed by atoms with Gasteiger partial charge in [0.05, 0.1) is 11.5 Å². The Morgan fingerprint density at radius 2 is 1.81 bits per heavy atom. The predicted molar refractivity (Wildman–Crippen MR) is 118 cm³/mol. The lowest BCUT2D eigenvalue weighted by Gasteiger charge is -2.40. The van der Waals surface area contributed by atoms with E-state index in [1.54, 1.807) is 6.92 Å². The van der Waals surface area contributed by atoms with Gasteiger partial charge in [0.1, 0.15) is 6.61 Å². The molecule has 0 aliphatic heterocycles. The number of nitrogens with zero attached hydrogens (tertiary/aromatic N) is 1. The minimum absolute atomic E-state index is 0.106. The molecule has 1 aliphatic carbocycles. The van der Waals surface area contributed by atoms with Crippen molar-refractivity contribution in [2.75, 3.05) is 19.0 Å². The van der Waals surface area contributed by atoms with Crippen molar-refractivity contribution in [1.29, 1.82) is 0 Å². The molecule has 0 amide bonds. The number of anilines is 1. The van der Waals surface area contributed by atoms with Gasteiger partial charge in [-0.05, 0) is 30.2 Å². The highest BCUT2D eigenvalue weighted by Gasteiger charge is 2.51. The van der Waals surface area contributed by atoms with E-state index in [4.69, 9.17) is 4.74 Å². The number of carbonyl (C=O) groups excluding carboxylic acids is 1. The first-order valence-electron chi connectivity index (χ1n) is 10.3. The van der Waals surface area contributed by atoms with Gasteiger partial charge in [0.15, 0.2) is 0 Å². The van der Waals surface area contributed by atoms with Crippen molar-refractivity contribution in [2.45, 2.75) is 31.5 Å². The molecule has 0 saturated carbocycles. The van der Waals surface area contributed by atoms with Crippen molar-refractivity contribution in [3.63, 3.8) is 0 Å². The largest absolute Gasteiger partial charge is 0.460 e. The summed E-state index contributed by atoms with van der Waals surface area (Å²) in [5, 5.41) is 16.8. The molecule has 0 unspecified atom stereocenters. The molecule has 1 aromatic heterocycles. The highest BCUT2D eigenvalue weighted by molar-refractivity contribution is 5.77. The van der Waals surface area contributed by atoms with Gasteiger partial charge in [0.25, 0.3) is 5.56 Å². The van der Waals surface area contributed by atoms with Gasteiger partial charge in [0, 0.05) is 43.4 Å². The number of carbonyl (C=O) groups is 1. The Morgan fingerprint density at radius 1 is 1.13 bits per heavy atom. The topological polar surface area (TPSA) is 98.4 Å². The monoisotopic (exact) mass is 421 g/mol. The second kappa shape index (κ2) is 8.07. The second-order valence-electron chi connectivity index (χ2n) is 8.54. The fraction of sp³-hybridized carbons (Fsp3) is 0.333. The summed E-state index contributed by atoms with van der Waals surface area (Å²) in [5.74, 6) is -2.08. The Kier molecular flexibility index (Phi) is 5.45. The van der Waals surface area contributed by atoms with Crippen LogP contribution >= 0.6 is 0 Å². The van der Waals surface area contributed by atoms with Crippen molar-refractivity contribution < 1.29 is 14.6 Å². The van der Waals surface area contributed by atoms with E-state index in [-0.39, 0.29) is 18.6 Å². The minimum atomic E-state index is -1.39. The van der Waals surface area contributed by atoms with Crippen LogP contribution in [0.5, 0.6) is 0 Å². The lowest BCUT2D eigenvalue weighted by molar-refractivity contribution is -0.161. The maximum atomic E-state index is 13.3. The predicted octanol–water partition coefficient (Wildman–Crippen LogP) is 2.57. The number of aromatic amines is 2. The Morgan fingerprint density at radius 3 is 2.45 bits per heavy atom. The van der Waals surface area contributed by atoms with Crippen LogP contribution in [0, 0.1) is 5.92 Å². The number of esters is 1. The number of benzene rings is 2. The number of H-pyrrole nitrogens is 2. The molecule has 3 atom stereocenters. The molecular formula is C24H27N3O4. The summed E-state index contributed by atoms with van der Waals surface area (Å²) in [5.41, 5.74) is 2.05. The summed E-state index contributed by atoms with van der Waals surface area (Å²) in [4.78, 5) is 27.9. The Bertz CT molecular complexity index is 1110. The lowest BCUT2D eigenvalue weighted by atomic mass is 9.66. The standard InChI is InChI=1S/C24H27N3O4/c1-24(30)13-18-20(22(28)26-25-18)19(16-9-11-17(12-10-16)27(2)3)21(24)23(29)31-14-15-7-5-4-6-8-15/h4-12,19,21,30H,13-14H2,1-3H3,(H2,25,26,28)/t19-,21+,24-/m1/s1. The molecule has 3 N–H and O–H groups in total. The van der Waals surface area contributed by atoms with E-state index in [0.29, 0.717) is 11.3 Å². The molecule has 0 radical (unpaired) electrons. The van der Waals surface area contributed by atoms with Crippen LogP contribution in [0.25, 0.3) is 0 Å². The normalized spacial score (nSPS) is 22.6. The molecule has 2 aromatic carbocycles. The van der Waals surface area contributed by atoms with Gasteiger partial charge < -0.3 is 19.8 Å². The maximum absolute atomic E-state index is 13.3. The van der Waals surface area contributed by atoms with Gasteiger partial charge in [-0.25, -0.2) is 0 Å². The lowest BCUT2D eigenvalue weighted by Crippen LogP contribution is -2.50. The molecule has 0 bridgehead atoms. The maximum Gasteiger partial charge on any atom is 0.313 e. The van der Waals surface area contributed by atoms with Crippen molar-refractivity contribution in [3.8, 4) is 0 Å². The number of ether oxygens (including phenoxy) is 1. The third-order valence-corrected chi connectivity index (χ3v) is 5.99. The summed E-state index contributed by atoms with van der Waals surface area (Å²) in [7, 11) is 3.89. The van der Waals surface area contributed by atoms with Gasteiger partial charge in [-0.15, -0.1) is 0 Å². The van der Waals surface area contributed by atoms with E-state index in [0.717, 1.165) is 16.8 Å². The number of hydrogen-bond donors (Lipinski definition) is 3. The fourth-order valence-electron chi connectivity index (χ4n) is 4.41. The third kappa shape index (κ3) is 4.01. The number of aliphatic hydroxyl groups is 1. The van der Waals surface area contributed by atoms with Crippen LogP contribution in [0.1, 0.15) is 35.2 Å². The average Bonchev–Trinajstić information content (AvgIpc) is 3.10. The molecule has 4 rings (SSSR count). The van der Waals surface area contributed by atoms with Gasteiger partial charge >= 0.3 is 5.97 Å². The number of nitrogens with one attached hydrogen (secondary N) is 2. The van der Waals surface area contributed by atoms with Crippen molar-refractivity contribution in [3.05, 3.63) is 87.3 Å². The van der Waals surface area contributed by atoms with Crippen LogP contribution in [0.15, 0.2) is 59.4 Å². The summed E-state index contributed by atoms with van der Waals surface area (Å²) >= 11 is 0. The Balaban J connectivity index is 1.73. The van der Waals surface area contributed by atoms with Crippen LogP contribution in [-0.4, -0.2) is 41.0 Å². The molecule has 3 aromatic rings. The molecule has 7 nitrogen and oxygen atoms in total. The van der Waals surface area contributed by atoms with Gasteiger partial charge in [0.2, 0.25) is 0 Å². The van der Waals surface area contributed by atoms with Crippen LogP contribution in [-0.2, 0) is 22.6 Å². The van der Waals surface area contributed by atoms with Crippen molar-refractivity contribution >= 4 is 11.7 Å². The van der Waals surface area contributed by atoms with E-state index < -0.39 is 23.4 Å². The molecule has 0 fully saturated rings. The molecular weight excluding hydrogens is 394 g/mol. The first-order valence-corrected chi connectivity index (χ1v) is 10.3. The number of aromatic nitrogens is 2. The average molecular weight is 421 g/mol. The van der Waals surface area contributed by atoms with Crippen LogP contribution in [0.3, 0.4) is 0 Å². The van der Waals surface area contributed by atoms with E-state index >= 15 is 0 Å². The van der Waals surface area contributed by atoms with Gasteiger partial charge in [-0.3, -0.25) is 14.7 Å². The molecule has 1 aliphatic rings. The smallest absolute Gasteiger partial charge is 0.313 e. The van der Waals surface area contributed by atoms with Gasteiger partial charge in [-0.1, -0.05) is 42.5 Å². The first-order chi connectivity index (χ1) is 14.8. The highest BCUT2D eigenvalue weighted by Crippen LogP contribution is 2.44. The summed E-state index contributed by atoms with van der Waals surface area (Å²) < 4.78 is 5.62. The first kappa shape index (κ1) is 20.9. The quantitative estimate of drug-likeness (QED) is 0.550. The Hall–Kier alpha value is -3.32. The molecule has 0 spiro atoms. The molecule has 1 heterocycles. The van der Waals surface area contributed by atoms with Crippen molar-refractivity contribution in [1.82, 2.24) is 10.2 Å². The van der Waals surface area contributed by atoms with Gasteiger partial charge in [-0.2, -0.15) is 0 Å². The minimum Gasteiger partial charge on any atom is -0.460 e. The molecule has 7 heteroatoms. The molecule has 162 valence electrons. The number of fused-ring (bicyclic) bond motifs is 1. The summed E-state index contributed by atoms with van der Waals surface area (Å²) in [6.45, 7) is 1.73. The summed E-state index contributed by atoms with van der Waals surface area (Å²) in [6.07, 6.45) is 0.151. The fourth-order valence-corrected chi connectivity index (χ4v) is 4.41. The zero-order chi connectivity index (χ0) is 22.2. The SMILES string of the molecule is CN(C)c1ccc([C@@H]2c3c([nH][nH]c3=O)C[C@@](C)(O)[C@@H]2C(=O)OCc2ccccc2)cc1. The number of rotatable bonds is 5. The zero-order valence-electron chi connectivity index (χ0n) is 17.9.